The van der Waals surface area contributed by atoms with Gasteiger partial charge >= 0.3 is 0 Å². The number of aryl methyl sites for hydroxylation is 2. The Morgan fingerprint density at radius 2 is 2.00 bits per heavy atom. The molecule has 0 N–H and O–H groups in total. The van der Waals surface area contributed by atoms with Crippen LogP contribution in [0.1, 0.15) is 36.2 Å². The Morgan fingerprint density at radius 1 is 1.32 bits per heavy atom. The van der Waals surface area contributed by atoms with E-state index in [0.717, 1.165) is 5.56 Å². The van der Waals surface area contributed by atoms with Gasteiger partial charge in [0, 0.05) is 38.3 Å². The van der Waals surface area contributed by atoms with E-state index in [0.29, 0.717) is 30.1 Å². The van der Waals surface area contributed by atoms with Crippen LogP contribution in [0, 0.1) is 24.7 Å². The quantitative estimate of drug-likeness (QED) is 0.638. The third-order valence-electron chi connectivity index (χ3n) is 5.47. The number of benzene rings is 1. The molecule has 152 valence electrons. The molecule has 1 aliphatic heterocycles. The normalized spacial score (nSPS) is 16.9. The second-order valence-electron chi connectivity index (χ2n) is 7.98. The van der Waals surface area contributed by atoms with Crippen LogP contribution in [0.4, 0.5) is 0 Å². The fourth-order valence-corrected chi connectivity index (χ4v) is 5.57. The van der Waals surface area contributed by atoms with Gasteiger partial charge in [-0.05, 0) is 42.4 Å². The smallest absolute Gasteiger partial charge is 0.262 e. The number of nitrogens with zero attached hydrogens (tertiary/aromatic N) is 3. The summed E-state index contributed by atoms with van der Waals surface area (Å²) in [4.78, 5) is 16.8. The fourth-order valence-electron chi connectivity index (χ4n) is 3.71. The van der Waals surface area contributed by atoms with E-state index in [1.165, 1.54) is 16.8 Å². The van der Waals surface area contributed by atoms with Gasteiger partial charge in [-0.2, -0.15) is 4.31 Å². The zero-order chi connectivity index (χ0) is 20.6. The Bertz CT molecular complexity index is 978. The minimum atomic E-state index is -3.57. The summed E-state index contributed by atoms with van der Waals surface area (Å²) in [5.74, 6) is 0.513. The van der Waals surface area contributed by atoms with E-state index in [2.05, 4.69) is 18.8 Å². The summed E-state index contributed by atoms with van der Waals surface area (Å²) in [5.41, 5.74) is 1.55. The van der Waals surface area contributed by atoms with Gasteiger partial charge in [0.2, 0.25) is 0 Å². The number of rotatable bonds is 7. The van der Waals surface area contributed by atoms with E-state index >= 15 is 0 Å². The van der Waals surface area contributed by atoms with Gasteiger partial charge in [-0.3, -0.25) is 4.79 Å². The molecule has 1 aromatic heterocycles. The Kier molecular flexibility index (Phi) is 5.98. The van der Waals surface area contributed by atoms with E-state index in [4.69, 9.17) is 11.6 Å². The minimum absolute atomic E-state index is 0.00901. The lowest BCUT2D eigenvalue weighted by Gasteiger charge is -2.43. The standard InChI is InChI=1S/C20H26ClN3O3S/c1-13(2)17(8-19(25)16-6-5-14(3)7-18(16)21)15-9-24(10-15)28(26,27)20-11-23(4)12-22-20/h5-7,11-13,15,17H,8-10H2,1-4H3. The van der Waals surface area contributed by atoms with Crippen LogP contribution < -0.4 is 0 Å². The lowest BCUT2D eigenvalue weighted by molar-refractivity contribution is 0.0767. The van der Waals surface area contributed by atoms with Crippen molar-refractivity contribution in [3.63, 3.8) is 0 Å². The van der Waals surface area contributed by atoms with E-state index in [1.807, 2.05) is 13.0 Å². The van der Waals surface area contributed by atoms with E-state index in [-0.39, 0.29) is 28.6 Å². The molecule has 2 heterocycles. The van der Waals surface area contributed by atoms with Crippen molar-refractivity contribution in [2.24, 2.45) is 24.8 Å². The van der Waals surface area contributed by atoms with Gasteiger partial charge in [-0.25, -0.2) is 13.4 Å². The van der Waals surface area contributed by atoms with Crippen molar-refractivity contribution in [2.45, 2.75) is 32.2 Å². The predicted molar refractivity (Wildman–Crippen MR) is 109 cm³/mol. The van der Waals surface area contributed by atoms with Gasteiger partial charge in [0.15, 0.2) is 10.8 Å². The highest BCUT2D eigenvalue weighted by molar-refractivity contribution is 7.89. The molecule has 1 aromatic carbocycles. The van der Waals surface area contributed by atoms with Gasteiger partial charge < -0.3 is 4.57 Å². The van der Waals surface area contributed by atoms with E-state index in [1.54, 1.807) is 23.7 Å². The summed E-state index contributed by atoms with van der Waals surface area (Å²) in [6.07, 6.45) is 3.35. The molecule has 0 radical (unpaired) electrons. The van der Waals surface area contributed by atoms with Crippen LogP contribution in [-0.2, 0) is 17.1 Å². The third kappa shape index (κ3) is 4.16. The topological polar surface area (TPSA) is 72.3 Å². The fraction of sp³-hybridized carbons (Fsp3) is 0.500. The zero-order valence-electron chi connectivity index (χ0n) is 16.6. The first-order valence-corrected chi connectivity index (χ1v) is 11.2. The molecule has 1 aliphatic rings. The Balaban J connectivity index is 1.68. The first-order valence-electron chi connectivity index (χ1n) is 9.37. The first kappa shape index (κ1) is 21.0. The second kappa shape index (κ2) is 7.97. The van der Waals surface area contributed by atoms with Crippen LogP contribution >= 0.6 is 11.6 Å². The number of sulfonamides is 1. The predicted octanol–water partition coefficient (Wildman–Crippen LogP) is 3.55. The van der Waals surface area contributed by atoms with E-state index < -0.39 is 10.0 Å². The molecule has 1 fully saturated rings. The molecule has 3 rings (SSSR count). The van der Waals surface area contributed by atoms with Crippen LogP contribution in [-0.4, -0.2) is 41.1 Å². The lowest BCUT2D eigenvalue weighted by Crippen LogP contribution is -2.53. The van der Waals surface area contributed by atoms with Crippen molar-refractivity contribution in [2.75, 3.05) is 13.1 Å². The molecule has 0 amide bonds. The zero-order valence-corrected chi connectivity index (χ0v) is 18.2. The number of hydrogen-bond donors (Lipinski definition) is 0. The summed E-state index contributed by atoms with van der Waals surface area (Å²) in [6.45, 7) is 6.91. The van der Waals surface area contributed by atoms with Crippen molar-refractivity contribution in [1.82, 2.24) is 13.9 Å². The number of halogens is 1. The monoisotopic (exact) mass is 423 g/mol. The number of carbonyl (C=O) groups is 1. The van der Waals surface area contributed by atoms with Crippen LogP contribution in [0.2, 0.25) is 5.02 Å². The van der Waals surface area contributed by atoms with Gasteiger partial charge in [-0.1, -0.05) is 31.5 Å². The van der Waals surface area contributed by atoms with Crippen LogP contribution in [0.3, 0.4) is 0 Å². The molecule has 0 saturated carbocycles. The van der Waals surface area contributed by atoms with Crippen molar-refractivity contribution >= 4 is 27.4 Å². The number of carbonyl (C=O) groups excluding carboxylic acids is 1. The molecular formula is C20H26ClN3O3S. The lowest BCUT2D eigenvalue weighted by atomic mass is 9.76. The van der Waals surface area contributed by atoms with Gasteiger partial charge in [-0.15, -0.1) is 0 Å². The van der Waals surface area contributed by atoms with Crippen LogP contribution in [0.25, 0.3) is 0 Å². The van der Waals surface area contributed by atoms with Crippen molar-refractivity contribution in [3.05, 3.63) is 46.9 Å². The Morgan fingerprint density at radius 3 is 2.54 bits per heavy atom. The van der Waals surface area contributed by atoms with Crippen molar-refractivity contribution in [1.29, 1.82) is 0 Å². The first-order chi connectivity index (χ1) is 13.1. The third-order valence-corrected chi connectivity index (χ3v) is 7.50. The summed E-state index contributed by atoms with van der Waals surface area (Å²) in [7, 11) is -1.83. The molecule has 0 aliphatic carbocycles. The van der Waals surface area contributed by atoms with Gasteiger partial charge in [0.25, 0.3) is 10.0 Å². The second-order valence-corrected chi connectivity index (χ2v) is 10.3. The highest BCUT2D eigenvalue weighted by atomic mass is 35.5. The highest BCUT2D eigenvalue weighted by Crippen LogP contribution is 2.36. The molecule has 1 saturated heterocycles. The van der Waals surface area contributed by atoms with Crippen LogP contribution in [0.5, 0.6) is 0 Å². The number of imidazole rings is 1. The number of ketones is 1. The maximum Gasteiger partial charge on any atom is 0.262 e. The van der Waals surface area contributed by atoms with Gasteiger partial charge in [0.05, 0.1) is 11.3 Å². The Hall–Kier alpha value is -1.70. The average Bonchev–Trinajstić information content (AvgIpc) is 2.99. The van der Waals surface area contributed by atoms with Gasteiger partial charge in [0.1, 0.15) is 0 Å². The Labute approximate surface area is 171 Å². The SMILES string of the molecule is Cc1ccc(C(=O)CC(C(C)C)C2CN(S(=O)(=O)c3cn(C)cn3)C2)c(Cl)c1. The number of aromatic nitrogens is 2. The number of Topliss-reactive ketones (excluding diaryl/α,β-unsaturated/α-hetero) is 1. The maximum atomic E-state index is 12.8. The van der Waals surface area contributed by atoms with Crippen molar-refractivity contribution in [3.8, 4) is 0 Å². The molecule has 2 aromatic rings. The largest absolute Gasteiger partial charge is 0.339 e. The molecule has 0 spiro atoms. The minimum Gasteiger partial charge on any atom is -0.339 e. The van der Waals surface area contributed by atoms with E-state index in [9.17, 15) is 13.2 Å². The molecule has 28 heavy (non-hydrogen) atoms. The summed E-state index contributed by atoms with van der Waals surface area (Å²) in [5, 5.41) is 0.539. The van der Waals surface area contributed by atoms with Crippen LogP contribution in [0.15, 0.2) is 35.7 Å². The maximum absolute atomic E-state index is 12.8. The average molecular weight is 424 g/mol. The summed E-state index contributed by atoms with van der Waals surface area (Å²) in [6, 6.07) is 5.45. The molecule has 8 heteroatoms. The molecule has 1 atom stereocenters. The molecular weight excluding hydrogens is 398 g/mol. The number of hydrogen-bond acceptors (Lipinski definition) is 4. The highest BCUT2D eigenvalue weighted by Gasteiger charge is 2.42. The molecule has 1 unspecified atom stereocenters. The molecule has 6 nitrogen and oxygen atoms in total. The van der Waals surface area contributed by atoms with Crippen molar-refractivity contribution < 1.29 is 13.2 Å². The summed E-state index contributed by atoms with van der Waals surface area (Å²) < 4.78 is 28.4. The summed E-state index contributed by atoms with van der Waals surface area (Å²) >= 11 is 6.25. The molecule has 0 bridgehead atoms.